The maximum atomic E-state index is 12.2. The number of oxime groups is 2. The molecule has 9 heteroatoms. The average Bonchev–Trinajstić information content (AvgIpc) is 2.94. The molecule has 0 aliphatic heterocycles. The van der Waals surface area contributed by atoms with Gasteiger partial charge in [0.05, 0.1) is 20.5 Å². The third kappa shape index (κ3) is 8.34. The number of rotatable bonds is 12. The molecule has 0 aliphatic rings. The highest BCUT2D eigenvalue weighted by molar-refractivity contribution is 6.47. The number of nitrogens with zero attached hydrogens (tertiary/aromatic N) is 2. The van der Waals surface area contributed by atoms with Gasteiger partial charge in [0.25, 0.3) is 0 Å². The summed E-state index contributed by atoms with van der Waals surface area (Å²) in [4.78, 5) is 23.0. The van der Waals surface area contributed by atoms with Crippen LogP contribution in [0, 0.1) is 0 Å². The van der Waals surface area contributed by atoms with Crippen LogP contribution in [0.25, 0.3) is 5.57 Å². The molecule has 0 bridgehead atoms. The summed E-state index contributed by atoms with van der Waals surface area (Å²) in [5.41, 5.74) is 5.72. The number of methoxy groups -OCH3 is 2. The molecule has 0 saturated carbocycles. The van der Waals surface area contributed by atoms with E-state index in [1.165, 1.54) is 27.6 Å². The molecular weight excluding hydrogens is 539 g/mol. The molecule has 3 aromatic rings. The second-order valence-corrected chi connectivity index (χ2v) is 9.26. The lowest BCUT2D eigenvalue weighted by atomic mass is 10.0. The zero-order valence-electron chi connectivity index (χ0n) is 22.2. The number of aryl methyl sites for hydroxylation is 2. The molecule has 0 heterocycles. The molecule has 0 N–H and O–H groups in total. The van der Waals surface area contributed by atoms with E-state index in [1.54, 1.807) is 19.1 Å². The Morgan fingerprint density at radius 1 is 0.897 bits per heavy atom. The molecule has 0 fully saturated rings. The van der Waals surface area contributed by atoms with Crippen LogP contribution in [0.1, 0.15) is 34.7 Å². The Morgan fingerprint density at radius 2 is 1.64 bits per heavy atom. The van der Waals surface area contributed by atoms with Gasteiger partial charge in [-0.3, -0.25) is 0 Å². The van der Waals surface area contributed by atoms with E-state index in [0.29, 0.717) is 27.0 Å². The van der Waals surface area contributed by atoms with E-state index in [-0.39, 0.29) is 12.2 Å². The van der Waals surface area contributed by atoms with E-state index in [2.05, 4.69) is 10.3 Å². The third-order valence-electron chi connectivity index (χ3n) is 5.82. The van der Waals surface area contributed by atoms with Crippen molar-refractivity contribution in [3.8, 4) is 0 Å². The van der Waals surface area contributed by atoms with Crippen LogP contribution in [-0.4, -0.2) is 38.7 Å². The van der Waals surface area contributed by atoms with Crippen LogP contribution in [0.3, 0.4) is 0 Å². The van der Waals surface area contributed by atoms with Crippen LogP contribution < -0.4 is 0 Å². The summed E-state index contributed by atoms with van der Waals surface area (Å²) in [5.74, 6) is -0.516. The highest BCUT2D eigenvalue weighted by Gasteiger charge is 2.17. The van der Waals surface area contributed by atoms with E-state index >= 15 is 0 Å². The summed E-state index contributed by atoms with van der Waals surface area (Å²) >= 11 is 12.3. The van der Waals surface area contributed by atoms with Crippen molar-refractivity contribution in [1.29, 1.82) is 0 Å². The number of halogens is 2. The Kier molecular flexibility index (Phi) is 11.4. The van der Waals surface area contributed by atoms with Crippen molar-refractivity contribution in [2.45, 2.75) is 26.4 Å². The minimum Gasteiger partial charge on any atom is -0.503 e. The Morgan fingerprint density at radius 3 is 2.31 bits per heavy atom. The van der Waals surface area contributed by atoms with Gasteiger partial charge in [-0.2, -0.15) is 0 Å². The lowest BCUT2D eigenvalue weighted by Crippen LogP contribution is -2.14. The molecule has 0 aliphatic carbocycles. The Bertz CT molecular complexity index is 1370. The molecule has 0 atom stereocenters. The minimum atomic E-state index is -0.516. The monoisotopic (exact) mass is 568 g/mol. The van der Waals surface area contributed by atoms with Crippen molar-refractivity contribution in [3.63, 3.8) is 0 Å². The summed E-state index contributed by atoms with van der Waals surface area (Å²) in [6, 6.07) is 20.8. The predicted octanol–water partition coefficient (Wildman–Crippen LogP) is 6.88. The fourth-order valence-corrected chi connectivity index (χ4v) is 4.35. The molecular formula is C30H30Cl2N2O5. The van der Waals surface area contributed by atoms with Crippen molar-refractivity contribution in [2.75, 3.05) is 21.3 Å². The largest absolute Gasteiger partial charge is 0.503 e. The van der Waals surface area contributed by atoms with E-state index < -0.39 is 5.97 Å². The quantitative estimate of drug-likeness (QED) is 0.0781. The first-order chi connectivity index (χ1) is 18.9. The molecule has 39 heavy (non-hydrogen) atoms. The van der Waals surface area contributed by atoms with E-state index in [4.69, 9.17) is 42.4 Å². The number of hydrogen-bond acceptors (Lipinski definition) is 7. The van der Waals surface area contributed by atoms with E-state index in [1.807, 2.05) is 54.6 Å². The lowest BCUT2D eigenvalue weighted by Gasteiger charge is -2.11. The van der Waals surface area contributed by atoms with Crippen LogP contribution in [0.2, 0.25) is 10.0 Å². The van der Waals surface area contributed by atoms with Gasteiger partial charge in [0.1, 0.15) is 30.7 Å². The van der Waals surface area contributed by atoms with Gasteiger partial charge < -0.3 is 19.1 Å². The highest BCUT2D eigenvalue weighted by atomic mass is 35.5. The second-order valence-electron chi connectivity index (χ2n) is 8.42. The predicted molar refractivity (Wildman–Crippen MR) is 155 cm³/mol. The van der Waals surface area contributed by atoms with Gasteiger partial charge in [-0.1, -0.05) is 88.1 Å². The number of carbonyl (C=O) groups excluding carboxylic acids is 1. The molecule has 0 amide bonds. The van der Waals surface area contributed by atoms with Gasteiger partial charge in [-0.15, -0.1) is 0 Å². The first-order valence-corrected chi connectivity index (χ1v) is 12.8. The van der Waals surface area contributed by atoms with Gasteiger partial charge >= 0.3 is 5.97 Å². The first-order valence-electron chi connectivity index (χ1n) is 12.1. The zero-order valence-corrected chi connectivity index (χ0v) is 23.8. The number of carbonyl (C=O) groups is 1. The summed E-state index contributed by atoms with van der Waals surface area (Å²) in [7, 11) is 4.26. The fraction of sp³-hybridized carbons (Fsp3) is 0.233. The summed E-state index contributed by atoms with van der Waals surface area (Å²) in [5, 5.41) is 9.70. The molecule has 0 aromatic heterocycles. The molecule has 7 nitrogen and oxygen atoms in total. The minimum absolute atomic E-state index is 0.109. The van der Waals surface area contributed by atoms with E-state index in [0.717, 1.165) is 35.1 Å². The topological polar surface area (TPSA) is 78.7 Å². The normalized spacial score (nSPS) is 12.2. The number of benzene rings is 3. The molecule has 0 unspecified atom stereocenters. The van der Waals surface area contributed by atoms with Gasteiger partial charge in [0.15, 0.2) is 0 Å². The van der Waals surface area contributed by atoms with Crippen LogP contribution in [0.5, 0.6) is 0 Å². The molecule has 0 radical (unpaired) electrons. The lowest BCUT2D eigenvalue weighted by molar-refractivity contribution is -0.133. The Balaban J connectivity index is 1.71. The van der Waals surface area contributed by atoms with Crippen molar-refractivity contribution >= 4 is 46.2 Å². The van der Waals surface area contributed by atoms with Gasteiger partial charge in [0.2, 0.25) is 0 Å². The molecule has 0 saturated heterocycles. The highest BCUT2D eigenvalue weighted by Crippen LogP contribution is 2.23. The average molecular weight is 569 g/mol. The maximum absolute atomic E-state index is 12.2. The summed E-state index contributed by atoms with van der Waals surface area (Å²) in [6.07, 6.45) is 2.96. The fourth-order valence-electron chi connectivity index (χ4n) is 3.85. The van der Waals surface area contributed by atoms with Gasteiger partial charge in [-0.25, -0.2) is 4.79 Å². The number of ether oxygens (including phenoxy) is 2. The number of esters is 1. The molecule has 3 aromatic carbocycles. The maximum Gasteiger partial charge on any atom is 0.341 e. The smallest absolute Gasteiger partial charge is 0.341 e. The molecule has 0 spiro atoms. The standard InChI is InChI=1S/C30H30Cl2N2O5/c1-20(33-39-18-24-7-5-6-8-26(24)27(19-36-2)30(35)37-3)29(34-38-4)23-13-10-21(11-14-23)9-12-22-15-16-25(31)17-28(22)32/h5-8,10-11,13-17,19H,9,12,18H2,1-4H3/b27-19?,33-20?,34-29-. The van der Waals surface area contributed by atoms with E-state index in [9.17, 15) is 4.79 Å². The van der Waals surface area contributed by atoms with Crippen LogP contribution >= 0.6 is 23.2 Å². The second kappa shape index (κ2) is 15.0. The summed E-state index contributed by atoms with van der Waals surface area (Å²) < 4.78 is 9.95. The van der Waals surface area contributed by atoms with Gasteiger partial charge in [-0.05, 0) is 48.6 Å². The van der Waals surface area contributed by atoms with Crippen LogP contribution in [0.4, 0.5) is 0 Å². The zero-order chi connectivity index (χ0) is 28.2. The Hall–Kier alpha value is -3.81. The third-order valence-corrected chi connectivity index (χ3v) is 6.41. The molecule has 204 valence electrons. The number of hydrogen-bond donors (Lipinski definition) is 0. The van der Waals surface area contributed by atoms with Crippen LogP contribution in [-0.2, 0) is 43.4 Å². The summed E-state index contributed by atoms with van der Waals surface area (Å²) in [6.45, 7) is 1.89. The van der Waals surface area contributed by atoms with Crippen molar-refractivity contribution in [3.05, 3.63) is 111 Å². The SMILES string of the molecule is COC=C(C(=O)OC)c1ccccc1CON=C(C)/C(=N/OC)c1ccc(CCc2ccc(Cl)cc2Cl)cc1. The van der Waals surface area contributed by atoms with Crippen LogP contribution in [0.15, 0.2) is 83.3 Å². The van der Waals surface area contributed by atoms with Crippen molar-refractivity contribution < 1.29 is 23.9 Å². The van der Waals surface area contributed by atoms with Crippen molar-refractivity contribution in [2.24, 2.45) is 10.3 Å². The van der Waals surface area contributed by atoms with Gasteiger partial charge in [0, 0.05) is 21.2 Å². The first kappa shape index (κ1) is 29.7. The molecule has 3 rings (SSSR count). The Labute approximate surface area is 238 Å². The van der Waals surface area contributed by atoms with Crippen molar-refractivity contribution in [1.82, 2.24) is 0 Å².